The van der Waals surface area contributed by atoms with E-state index in [-0.39, 0.29) is 5.91 Å². The average molecular weight is 319 g/mol. The summed E-state index contributed by atoms with van der Waals surface area (Å²) in [5.41, 5.74) is 1.58. The van der Waals surface area contributed by atoms with E-state index in [1.165, 1.54) is 0 Å². The number of nitrogens with zero attached hydrogens (tertiary/aromatic N) is 2. The summed E-state index contributed by atoms with van der Waals surface area (Å²) in [6.07, 6.45) is 0. The van der Waals surface area contributed by atoms with E-state index in [1.807, 2.05) is 49.4 Å². The minimum absolute atomic E-state index is 0.0485. The fourth-order valence-electron chi connectivity index (χ4n) is 1.82. The molecule has 19 heavy (non-hydrogen) atoms. The Morgan fingerprint density at radius 3 is 2.53 bits per heavy atom. The van der Waals surface area contributed by atoms with Gasteiger partial charge in [-0.25, -0.2) is 4.98 Å². The van der Waals surface area contributed by atoms with Gasteiger partial charge in [-0.2, -0.15) is 0 Å². The maximum absolute atomic E-state index is 12.4. The first-order valence-electron chi connectivity index (χ1n) is 6.16. The molecule has 0 fully saturated rings. The van der Waals surface area contributed by atoms with Gasteiger partial charge in [-0.3, -0.25) is 4.79 Å². The predicted octanol–water partition coefficient (Wildman–Crippen LogP) is 3.51. The molecule has 4 heteroatoms. The standard InChI is InChI=1S/C15H15BrN2O/c1-2-18(11-12-7-4-3-5-8-12)15(19)13-9-6-10-14(16)17-13/h3-10H,2,11H2,1H3. The van der Waals surface area contributed by atoms with Crippen molar-refractivity contribution < 1.29 is 4.79 Å². The molecule has 2 aromatic rings. The summed E-state index contributed by atoms with van der Waals surface area (Å²) in [6.45, 7) is 3.23. The van der Waals surface area contributed by atoms with Crippen molar-refractivity contribution in [1.82, 2.24) is 9.88 Å². The Hall–Kier alpha value is -1.68. The Morgan fingerprint density at radius 2 is 1.89 bits per heavy atom. The Labute approximate surface area is 121 Å². The lowest BCUT2D eigenvalue weighted by atomic mass is 10.2. The highest BCUT2D eigenvalue weighted by Crippen LogP contribution is 2.11. The predicted molar refractivity (Wildman–Crippen MR) is 78.8 cm³/mol. The van der Waals surface area contributed by atoms with Gasteiger partial charge in [0.15, 0.2) is 0 Å². The lowest BCUT2D eigenvalue weighted by Gasteiger charge is -2.20. The molecule has 0 saturated carbocycles. The third kappa shape index (κ3) is 3.64. The van der Waals surface area contributed by atoms with Crippen molar-refractivity contribution in [2.75, 3.05) is 6.54 Å². The lowest BCUT2D eigenvalue weighted by Crippen LogP contribution is -2.30. The van der Waals surface area contributed by atoms with E-state index in [0.29, 0.717) is 23.4 Å². The molecule has 0 N–H and O–H groups in total. The van der Waals surface area contributed by atoms with Gasteiger partial charge < -0.3 is 4.90 Å². The number of aromatic nitrogens is 1. The lowest BCUT2D eigenvalue weighted by molar-refractivity contribution is 0.0746. The van der Waals surface area contributed by atoms with E-state index in [4.69, 9.17) is 0 Å². The van der Waals surface area contributed by atoms with Crippen molar-refractivity contribution >= 4 is 21.8 Å². The zero-order valence-electron chi connectivity index (χ0n) is 10.7. The Kier molecular flexibility index (Phi) is 4.68. The van der Waals surface area contributed by atoms with Crippen LogP contribution in [-0.4, -0.2) is 22.3 Å². The zero-order chi connectivity index (χ0) is 13.7. The minimum atomic E-state index is -0.0485. The summed E-state index contributed by atoms with van der Waals surface area (Å²) >= 11 is 3.29. The van der Waals surface area contributed by atoms with Gasteiger partial charge >= 0.3 is 0 Å². The molecule has 0 bridgehead atoms. The second kappa shape index (κ2) is 6.48. The third-order valence-electron chi connectivity index (χ3n) is 2.82. The number of pyridine rings is 1. The van der Waals surface area contributed by atoms with Crippen molar-refractivity contribution in [2.45, 2.75) is 13.5 Å². The van der Waals surface area contributed by atoms with Crippen LogP contribution in [0.4, 0.5) is 0 Å². The van der Waals surface area contributed by atoms with Crippen LogP contribution in [-0.2, 0) is 6.54 Å². The molecule has 2 rings (SSSR count). The molecule has 0 radical (unpaired) electrons. The molecule has 0 aliphatic carbocycles. The van der Waals surface area contributed by atoms with Gasteiger partial charge in [0.25, 0.3) is 5.91 Å². The Bertz CT molecular complexity index is 557. The first-order valence-corrected chi connectivity index (χ1v) is 6.95. The molecule has 98 valence electrons. The van der Waals surface area contributed by atoms with Crippen LogP contribution in [0.15, 0.2) is 53.1 Å². The highest BCUT2D eigenvalue weighted by Gasteiger charge is 2.15. The summed E-state index contributed by atoms with van der Waals surface area (Å²) in [5.74, 6) is -0.0485. The Morgan fingerprint density at radius 1 is 1.16 bits per heavy atom. The van der Waals surface area contributed by atoms with E-state index >= 15 is 0 Å². The summed E-state index contributed by atoms with van der Waals surface area (Å²) < 4.78 is 0.675. The highest BCUT2D eigenvalue weighted by molar-refractivity contribution is 9.10. The molecule has 3 nitrogen and oxygen atoms in total. The zero-order valence-corrected chi connectivity index (χ0v) is 12.3. The number of halogens is 1. The van der Waals surface area contributed by atoms with Crippen LogP contribution >= 0.6 is 15.9 Å². The average Bonchev–Trinajstić information content (AvgIpc) is 2.45. The van der Waals surface area contributed by atoms with Crippen LogP contribution < -0.4 is 0 Å². The second-order valence-electron chi connectivity index (χ2n) is 4.15. The molecule has 1 heterocycles. The van der Waals surface area contributed by atoms with Gasteiger partial charge in [-0.05, 0) is 40.5 Å². The first kappa shape index (κ1) is 13.7. The number of carbonyl (C=O) groups is 1. The topological polar surface area (TPSA) is 33.2 Å². The van der Waals surface area contributed by atoms with Gasteiger partial charge in [0.05, 0.1) is 0 Å². The van der Waals surface area contributed by atoms with Crippen LogP contribution in [0.3, 0.4) is 0 Å². The minimum Gasteiger partial charge on any atom is -0.333 e. The number of benzene rings is 1. The number of carbonyl (C=O) groups excluding carboxylic acids is 1. The van der Waals surface area contributed by atoms with E-state index in [9.17, 15) is 4.79 Å². The number of rotatable bonds is 4. The van der Waals surface area contributed by atoms with Crippen molar-refractivity contribution in [1.29, 1.82) is 0 Å². The van der Waals surface area contributed by atoms with Crippen LogP contribution in [0.2, 0.25) is 0 Å². The second-order valence-corrected chi connectivity index (χ2v) is 4.96. The summed E-state index contributed by atoms with van der Waals surface area (Å²) in [6, 6.07) is 15.3. The van der Waals surface area contributed by atoms with Gasteiger partial charge in [0.1, 0.15) is 10.3 Å². The molecule has 0 aliphatic heterocycles. The van der Waals surface area contributed by atoms with Crippen LogP contribution in [0.5, 0.6) is 0 Å². The fraction of sp³-hybridized carbons (Fsp3) is 0.200. The molecule has 0 spiro atoms. The van der Waals surface area contributed by atoms with Crippen molar-refractivity contribution in [3.05, 3.63) is 64.4 Å². The molecule has 1 aromatic carbocycles. The molecule has 0 atom stereocenters. The largest absolute Gasteiger partial charge is 0.333 e. The number of hydrogen-bond donors (Lipinski definition) is 0. The van der Waals surface area contributed by atoms with E-state index in [0.717, 1.165) is 5.56 Å². The molecule has 1 amide bonds. The van der Waals surface area contributed by atoms with Gasteiger partial charge in [-0.15, -0.1) is 0 Å². The number of amides is 1. The van der Waals surface area contributed by atoms with Crippen molar-refractivity contribution in [3.8, 4) is 0 Å². The van der Waals surface area contributed by atoms with Gasteiger partial charge in [0, 0.05) is 13.1 Å². The van der Waals surface area contributed by atoms with Crippen LogP contribution in [0.1, 0.15) is 23.0 Å². The SMILES string of the molecule is CCN(Cc1ccccc1)C(=O)c1cccc(Br)n1. The van der Waals surface area contributed by atoms with E-state index in [1.54, 1.807) is 11.0 Å². The monoisotopic (exact) mass is 318 g/mol. The summed E-state index contributed by atoms with van der Waals surface area (Å²) in [5, 5.41) is 0. The quantitative estimate of drug-likeness (QED) is 0.808. The Balaban J connectivity index is 2.16. The molecule has 0 unspecified atom stereocenters. The van der Waals surface area contributed by atoms with Crippen LogP contribution in [0.25, 0.3) is 0 Å². The normalized spacial score (nSPS) is 10.2. The van der Waals surface area contributed by atoms with Gasteiger partial charge in [0.2, 0.25) is 0 Å². The van der Waals surface area contributed by atoms with Crippen molar-refractivity contribution in [3.63, 3.8) is 0 Å². The third-order valence-corrected chi connectivity index (χ3v) is 3.26. The molecule has 0 saturated heterocycles. The molecular weight excluding hydrogens is 304 g/mol. The smallest absolute Gasteiger partial charge is 0.272 e. The summed E-state index contributed by atoms with van der Waals surface area (Å²) in [7, 11) is 0. The summed E-state index contributed by atoms with van der Waals surface area (Å²) in [4.78, 5) is 18.4. The molecule has 0 aliphatic rings. The maximum atomic E-state index is 12.4. The van der Waals surface area contributed by atoms with Gasteiger partial charge in [-0.1, -0.05) is 36.4 Å². The van der Waals surface area contributed by atoms with Crippen LogP contribution in [0, 0.1) is 0 Å². The van der Waals surface area contributed by atoms with E-state index in [2.05, 4.69) is 20.9 Å². The fourth-order valence-corrected chi connectivity index (χ4v) is 2.16. The molecular formula is C15H15BrN2O. The van der Waals surface area contributed by atoms with E-state index < -0.39 is 0 Å². The maximum Gasteiger partial charge on any atom is 0.272 e. The highest BCUT2D eigenvalue weighted by atomic mass is 79.9. The van der Waals surface area contributed by atoms with Crippen molar-refractivity contribution in [2.24, 2.45) is 0 Å². The number of hydrogen-bond acceptors (Lipinski definition) is 2. The first-order chi connectivity index (χ1) is 9.20. The molecule has 1 aromatic heterocycles.